The summed E-state index contributed by atoms with van der Waals surface area (Å²) in [5.41, 5.74) is -1.09. The molecular formula is C22H25IO4S. The average Bonchev–Trinajstić information content (AvgIpc) is 3.01. The van der Waals surface area contributed by atoms with E-state index in [2.05, 4.69) is 13.8 Å². The predicted octanol–water partition coefficient (Wildman–Crippen LogP) is 4.89. The Morgan fingerprint density at radius 3 is 1.96 bits per heavy atom. The van der Waals surface area contributed by atoms with Crippen LogP contribution in [0.1, 0.15) is 33.1 Å². The molecule has 0 spiro atoms. The van der Waals surface area contributed by atoms with Gasteiger partial charge in [-0.3, -0.25) is 0 Å². The molecular weight excluding hydrogens is 487 g/mol. The van der Waals surface area contributed by atoms with Gasteiger partial charge in [0.05, 0.1) is 0 Å². The van der Waals surface area contributed by atoms with Crippen LogP contribution >= 0.6 is 20.2 Å². The zero-order chi connectivity index (χ0) is 20.0. The fourth-order valence-corrected chi connectivity index (χ4v) is 12.6. The Hall–Kier alpha value is -1.25. The molecule has 2 atom stereocenters. The third-order valence-corrected chi connectivity index (χ3v) is 14.2. The molecule has 0 N–H and O–H groups in total. The Labute approximate surface area is 174 Å². The second-order valence-electron chi connectivity index (χ2n) is 8.27. The van der Waals surface area contributed by atoms with Crippen LogP contribution in [0, 0.1) is 23.9 Å². The molecule has 4 nitrogen and oxygen atoms in total. The number of Topliss-reactive ketones (excluding diaryl/α,β-unsaturated/α-hetero) is 1. The minimum atomic E-state index is -3.86. The summed E-state index contributed by atoms with van der Waals surface area (Å²) in [7, 11) is -3.86. The van der Waals surface area contributed by atoms with Crippen LogP contribution in [0.3, 0.4) is 0 Å². The monoisotopic (exact) mass is 512 g/mol. The number of carbonyl (C=O) groups excluding carboxylic acids is 1. The van der Waals surface area contributed by atoms with E-state index >= 15 is 0 Å². The van der Waals surface area contributed by atoms with Crippen molar-refractivity contribution in [3.05, 3.63) is 67.8 Å². The molecule has 150 valence electrons. The Morgan fingerprint density at radius 2 is 1.54 bits per heavy atom. The standard InChI is InChI=1S/C22H25IO4S/c1-21(2)17-13-14-22(21,20(24)15-17)16-28(25,26)27-23(18-9-5-3-6-10-18)19-11-7-4-8-12-19/h3-12,17H,13-16H2,1-2H3. The molecule has 2 saturated carbocycles. The Balaban J connectivity index is 1.66. The van der Waals surface area contributed by atoms with Crippen molar-refractivity contribution in [1.29, 1.82) is 0 Å². The van der Waals surface area contributed by atoms with Gasteiger partial charge >= 0.3 is 175 Å². The van der Waals surface area contributed by atoms with Gasteiger partial charge in [-0.15, -0.1) is 0 Å². The van der Waals surface area contributed by atoms with Crippen molar-refractivity contribution >= 4 is 36.1 Å². The van der Waals surface area contributed by atoms with E-state index < -0.39 is 35.8 Å². The zero-order valence-corrected chi connectivity index (χ0v) is 19.1. The molecule has 0 saturated heterocycles. The Bertz CT molecular complexity index is 933. The molecule has 0 heterocycles. The Kier molecular flexibility index (Phi) is 5.17. The summed E-state index contributed by atoms with van der Waals surface area (Å²) in [4.78, 5) is 12.8. The summed E-state index contributed by atoms with van der Waals surface area (Å²) in [5.74, 6) is 0.185. The van der Waals surface area contributed by atoms with Crippen molar-refractivity contribution in [3.63, 3.8) is 0 Å². The summed E-state index contributed by atoms with van der Waals surface area (Å²) >= 11 is -2.64. The van der Waals surface area contributed by atoms with Gasteiger partial charge in [-0.05, 0) is 0 Å². The number of ketones is 1. The number of benzene rings is 2. The first kappa shape index (κ1) is 20.0. The number of rotatable bonds is 6. The van der Waals surface area contributed by atoms with E-state index in [1.54, 1.807) is 0 Å². The van der Waals surface area contributed by atoms with Crippen LogP contribution in [-0.4, -0.2) is 20.0 Å². The molecule has 2 aromatic carbocycles. The van der Waals surface area contributed by atoms with Crippen molar-refractivity contribution in [3.8, 4) is 0 Å². The number of hydrogen-bond donors (Lipinski definition) is 0. The summed E-state index contributed by atoms with van der Waals surface area (Å²) in [5, 5.41) is 0. The second-order valence-corrected chi connectivity index (χ2v) is 14.8. The third-order valence-electron chi connectivity index (χ3n) is 6.58. The molecule has 2 bridgehead atoms. The number of hydrogen-bond acceptors (Lipinski definition) is 4. The van der Waals surface area contributed by atoms with Crippen LogP contribution in [0.25, 0.3) is 0 Å². The van der Waals surface area contributed by atoms with Crippen molar-refractivity contribution < 1.29 is 15.7 Å². The first-order valence-corrected chi connectivity index (χ1v) is 14.1. The van der Waals surface area contributed by atoms with E-state index in [0.717, 1.165) is 13.6 Å². The summed E-state index contributed by atoms with van der Waals surface area (Å²) in [6.07, 6.45) is 2.08. The summed E-state index contributed by atoms with van der Waals surface area (Å²) in [6.45, 7) is 4.10. The molecule has 0 aliphatic heterocycles. The quantitative estimate of drug-likeness (QED) is 0.518. The van der Waals surface area contributed by atoms with Crippen LogP contribution in [0.5, 0.6) is 0 Å². The molecule has 2 aliphatic rings. The van der Waals surface area contributed by atoms with E-state index in [-0.39, 0.29) is 22.9 Å². The van der Waals surface area contributed by atoms with E-state index in [1.165, 1.54) is 0 Å². The Morgan fingerprint density at radius 1 is 1.00 bits per heavy atom. The van der Waals surface area contributed by atoms with Gasteiger partial charge in [0, 0.05) is 0 Å². The maximum absolute atomic E-state index is 13.2. The SMILES string of the molecule is CC1(C)C2CCC1(CS(=O)(=O)OI(c1ccccc1)c1ccccc1)C(=O)C2. The first-order valence-electron chi connectivity index (χ1n) is 9.51. The first-order chi connectivity index (χ1) is 13.3. The van der Waals surface area contributed by atoms with Gasteiger partial charge in [0.1, 0.15) is 0 Å². The van der Waals surface area contributed by atoms with Gasteiger partial charge in [0.2, 0.25) is 0 Å². The van der Waals surface area contributed by atoms with E-state index in [9.17, 15) is 13.2 Å². The molecule has 2 fully saturated rings. The molecule has 2 aromatic rings. The van der Waals surface area contributed by atoms with Crippen LogP contribution < -0.4 is 0 Å². The van der Waals surface area contributed by atoms with E-state index in [0.29, 0.717) is 12.8 Å². The van der Waals surface area contributed by atoms with Crippen molar-refractivity contribution in [2.45, 2.75) is 33.1 Å². The van der Waals surface area contributed by atoms with Crippen molar-refractivity contribution in [2.75, 3.05) is 5.75 Å². The van der Waals surface area contributed by atoms with E-state index in [4.69, 9.17) is 2.51 Å². The third kappa shape index (κ3) is 3.33. The number of fused-ring (bicyclic) bond motifs is 2. The van der Waals surface area contributed by atoms with Crippen LogP contribution in [-0.2, 0) is 17.4 Å². The zero-order valence-electron chi connectivity index (χ0n) is 16.1. The number of carbonyl (C=O) groups is 1. The molecule has 0 aromatic heterocycles. The fourth-order valence-electron chi connectivity index (χ4n) is 4.79. The summed E-state index contributed by atoms with van der Waals surface area (Å²) in [6, 6.07) is 19.2. The normalized spacial score (nSPS) is 26.4. The molecule has 2 unspecified atom stereocenters. The second kappa shape index (κ2) is 7.22. The van der Waals surface area contributed by atoms with Gasteiger partial charge in [-0.1, -0.05) is 0 Å². The van der Waals surface area contributed by atoms with Crippen LogP contribution in [0.15, 0.2) is 60.7 Å². The molecule has 4 rings (SSSR count). The molecule has 0 amide bonds. The average molecular weight is 512 g/mol. The van der Waals surface area contributed by atoms with Gasteiger partial charge in [0.15, 0.2) is 0 Å². The van der Waals surface area contributed by atoms with Crippen molar-refractivity contribution in [2.24, 2.45) is 16.7 Å². The van der Waals surface area contributed by atoms with E-state index in [1.807, 2.05) is 60.7 Å². The van der Waals surface area contributed by atoms with Gasteiger partial charge in [-0.2, -0.15) is 0 Å². The molecule has 6 heteroatoms. The predicted molar refractivity (Wildman–Crippen MR) is 118 cm³/mol. The topological polar surface area (TPSA) is 60.4 Å². The summed E-state index contributed by atoms with van der Waals surface area (Å²) < 4.78 is 34.2. The molecule has 2 aliphatic carbocycles. The fraction of sp³-hybridized carbons (Fsp3) is 0.409. The maximum atomic E-state index is 13.2. The van der Waals surface area contributed by atoms with Crippen molar-refractivity contribution in [1.82, 2.24) is 0 Å². The number of halogens is 1. The minimum absolute atomic E-state index is 0.0979. The van der Waals surface area contributed by atoms with Gasteiger partial charge in [-0.25, -0.2) is 0 Å². The van der Waals surface area contributed by atoms with Crippen LogP contribution in [0.2, 0.25) is 0 Å². The molecule has 0 radical (unpaired) electrons. The van der Waals surface area contributed by atoms with Crippen LogP contribution in [0.4, 0.5) is 0 Å². The molecule has 28 heavy (non-hydrogen) atoms. The van der Waals surface area contributed by atoms with Gasteiger partial charge < -0.3 is 0 Å². The van der Waals surface area contributed by atoms with Gasteiger partial charge in [0.25, 0.3) is 0 Å².